The normalized spacial score (nSPS) is 12.7. The molecule has 154 valence electrons. The second-order valence-electron chi connectivity index (χ2n) is 7.36. The van der Waals surface area contributed by atoms with Crippen molar-refractivity contribution in [2.45, 2.75) is 32.1 Å². The first-order valence-corrected chi connectivity index (χ1v) is 11.9. The minimum absolute atomic E-state index is 0.0683. The predicted molar refractivity (Wildman–Crippen MR) is 118 cm³/mol. The molecular weight excluding hydrogens is 384 g/mol. The van der Waals surface area contributed by atoms with Crippen molar-refractivity contribution in [1.29, 1.82) is 0 Å². The Morgan fingerprint density at radius 2 is 1.76 bits per heavy atom. The van der Waals surface area contributed by atoms with Gasteiger partial charge >= 0.3 is 0 Å². The maximum atomic E-state index is 12.4. The Bertz CT molecular complexity index is 1040. The van der Waals surface area contributed by atoms with E-state index in [9.17, 15) is 13.2 Å². The molecule has 29 heavy (non-hydrogen) atoms. The van der Waals surface area contributed by atoms with E-state index in [0.717, 1.165) is 34.9 Å². The molecule has 0 aliphatic carbocycles. The monoisotopic (exact) mass is 412 g/mol. The fourth-order valence-electron chi connectivity index (χ4n) is 3.59. The van der Waals surface area contributed by atoms with Gasteiger partial charge in [0.15, 0.2) is 9.84 Å². The van der Waals surface area contributed by atoms with Crippen molar-refractivity contribution in [3.8, 4) is 0 Å². The zero-order valence-corrected chi connectivity index (χ0v) is 17.5. The summed E-state index contributed by atoms with van der Waals surface area (Å²) in [7, 11) is -3.37. The number of aromatic amines is 1. The van der Waals surface area contributed by atoms with Crippen LogP contribution in [-0.4, -0.2) is 37.4 Å². The third kappa shape index (κ3) is 5.70. The standard InChI is InChI=1S/C23H28N2O3S/c1-2-3-9-14-29(27,28)17-23(26)25-15-20(18-10-5-4-6-11-18)21-16-24-22-13-8-7-12-19(21)22/h4-8,10-13,16,20,24H,2-3,9,14-15,17H2,1H3,(H,25,26). The van der Waals surface area contributed by atoms with Gasteiger partial charge < -0.3 is 10.3 Å². The van der Waals surface area contributed by atoms with Gasteiger partial charge in [0.1, 0.15) is 5.75 Å². The summed E-state index contributed by atoms with van der Waals surface area (Å²) >= 11 is 0. The van der Waals surface area contributed by atoms with Crippen LogP contribution in [0.5, 0.6) is 0 Å². The van der Waals surface area contributed by atoms with E-state index in [1.165, 1.54) is 0 Å². The average molecular weight is 413 g/mol. The molecule has 3 rings (SSSR count). The minimum atomic E-state index is -3.37. The topological polar surface area (TPSA) is 79.0 Å². The number of unbranched alkanes of at least 4 members (excludes halogenated alkanes) is 2. The summed E-state index contributed by atoms with van der Waals surface area (Å²) in [5, 5.41) is 3.95. The number of carbonyl (C=O) groups is 1. The van der Waals surface area contributed by atoms with Gasteiger partial charge in [-0.2, -0.15) is 0 Å². The van der Waals surface area contributed by atoms with Gasteiger partial charge in [-0.25, -0.2) is 8.42 Å². The van der Waals surface area contributed by atoms with E-state index in [1.807, 2.05) is 61.7 Å². The Hall–Kier alpha value is -2.60. The van der Waals surface area contributed by atoms with Crippen LogP contribution in [0, 0.1) is 0 Å². The maximum absolute atomic E-state index is 12.4. The third-order valence-electron chi connectivity index (χ3n) is 5.11. The molecule has 1 aromatic heterocycles. The van der Waals surface area contributed by atoms with Crippen LogP contribution in [0.4, 0.5) is 0 Å². The predicted octanol–water partition coefficient (Wildman–Crippen LogP) is 4.02. The number of rotatable bonds is 10. The number of aromatic nitrogens is 1. The van der Waals surface area contributed by atoms with Crippen molar-refractivity contribution < 1.29 is 13.2 Å². The zero-order valence-electron chi connectivity index (χ0n) is 16.7. The van der Waals surface area contributed by atoms with Crippen LogP contribution in [0.3, 0.4) is 0 Å². The molecule has 1 unspecified atom stereocenters. The van der Waals surface area contributed by atoms with E-state index < -0.39 is 21.5 Å². The quantitative estimate of drug-likeness (QED) is 0.494. The number of hydrogen-bond acceptors (Lipinski definition) is 3. The fourth-order valence-corrected chi connectivity index (χ4v) is 4.88. The molecule has 1 atom stereocenters. The van der Waals surface area contributed by atoms with Gasteiger partial charge in [-0.15, -0.1) is 0 Å². The maximum Gasteiger partial charge on any atom is 0.235 e. The first-order valence-electron chi connectivity index (χ1n) is 10.1. The highest BCUT2D eigenvalue weighted by Gasteiger charge is 2.21. The van der Waals surface area contributed by atoms with Crippen LogP contribution in [0.1, 0.15) is 43.2 Å². The average Bonchev–Trinajstić information content (AvgIpc) is 3.13. The Labute approximate surface area is 172 Å². The zero-order chi connectivity index (χ0) is 20.7. The molecule has 0 fully saturated rings. The van der Waals surface area contributed by atoms with Crippen LogP contribution in [-0.2, 0) is 14.6 Å². The summed E-state index contributed by atoms with van der Waals surface area (Å²) < 4.78 is 24.3. The van der Waals surface area contributed by atoms with Crippen molar-refractivity contribution >= 4 is 26.6 Å². The van der Waals surface area contributed by atoms with E-state index in [-0.39, 0.29) is 11.7 Å². The number of H-pyrrole nitrogens is 1. The van der Waals surface area contributed by atoms with Crippen molar-refractivity contribution in [2.24, 2.45) is 0 Å². The number of fused-ring (bicyclic) bond motifs is 1. The summed E-state index contributed by atoms with van der Waals surface area (Å²) in [5.41, 5.74) is 3.19. The summed E-state index contributed by atoms with van der Waals surface area (Å²) in [6, 6.07) is 18.0. The van der Waals surface area contributed by atoms with Gasteiger partial charge in [-0.3, -0.25) is 4.79 Å². The lowest BCUT2D eigenvalue weighted by Crippen LogP contribution is -2.34. The fraction of sp³-hybridized carbons (Fsp3) is 0.348. The van der Waals surface area contributed by atoms with Gasteiger partial charge in [-0.1, -0.05) is 68.3 Å². The first kappa shape index (κ1) is 21.1. The molecule has 2 N–H and O–H groups in total. The van der Waals surface area contributed by atoms with Gasteiger partial charge in [0, 0.05) is 29.6 Å². The lowest BCUT2D eigenvalue weighted by Gasteiger charge is -2.18. The second kappa shape index (κ2) is 9.74. The van der Waals surface area contributed by atoms with E-state index in [0.29, 0.717) is 13.0 Å². The van der Waals surface area contributed by atoms with Gasteiger partial charge in [0.2, 0.25) is 5.91 Å². The van der Waals surface area contributed by atoms with Crippen molar-refractivity contribution in [3.05, 3.63) is 71.9 Å². The molecule has 0 aliphatic heterocycles. The smallest absolute Gasteiger partial charge is 0.235 e. The second-order valence-corrected chi connectivity index (χ2v) is 9.54. The van der Waals surface area contributed by atoms with Crippen LogP contribution >= 0.6 is 0 Å². The van der Waals surface area contributed by atoms with Gasteiger partial charge in [0.25, 0.3) is 0 Å². The highest BCUT2D eigenvalue weighted by atomic mass is 32.2. The Morgan fingerprint density at radius 3 is 2.52 bits per heavy atom. The van der Waals surface area contributed by atoms with Gasteiger partial charge in [-0.05, 0) is 23.6 Å². The molecule has 0 bridgehead atoms. The molecule has 6 heteroatoms. The molecule has 0 saturated heterocycles. The Balaban J connectivity index is 1.74. The number of amides is 1. The number of hydrogen-bond donors (Lipinski definition) is 2. The lowest BCUT2D eigenvalue weighted by atomic mass is 9.91. The summed E-state index contributed by atoms with van der Waals surface area (Å²) in [6.45, 7) is 2.36. The van der Waals surface area contributed by atoms with Crippen molar-refractivity contribution in [3.63, 3.8) is 0 Å². The largest absolute Gasteiger partial charge is 0.361 e. The van der Waals surface area contributed by atoms with Gasteiger partial charge in [0.05, 0.1) is 5.75 Å². The molecule has 0 aliphatic rings. The summed E-state index contributed by atoms with van der Waals surface area (Å²) in [4.78, 5) is 15.6. The highest BCUT2D eigenvalue weighted by Crippen LogP contribution is 2.30. The lowest BCUT2D eigenvalue weighted by molar-refractivity contribution is -0.118. The molecule has 5 nitrogen and oxygen atoms in total. The van der Waals surface area contributed by atoms with Crippen LogP contribution in [0.2, 0.25) is 0 Å². The number of sulfone groups is 1. The van der Waals surface area contributed by atoms with Crippen LogP contribution < -0.4 is 5.32 Å². The first-order chi connectivity index (χ1) is 14.0. The van der Waals surface area contributed by atoms with E-state index in [1.54, 1.807) is 0 Å². The molecule has 3 aromatic rings. The van der Waals surface area contributed by atoms with Crippen molar-refractivity contribution in [2.75, 3.05) is 18.1 Å². The molecule has 2 aromatic carbocycles. The molecular formula is C23H28N2O3S. The molecule has 0 radical (unpaired) electrons. The summed E-state index contributed by atoms with van der Waals surface area (Å²) in [6.07, 6.45) is 4.38. The Kier molecular flexibility index (Phi) is 7.09. The van der Waals surface area contributed by atoms with Crippen LogP contribution in [0.25, 0.3) is 10.9 Å². The number of para-hydroxylation sites is 1. The van der Waals surface area contributed by atoms with E-state index >= 15 is 0 Å². The minimum Gasteiger partial charge on any atom is -0.361 e. The number of nitrogens with one attached hydrogen (secondary N) is 2. The molecule has 1 heterocycles. The SMILES string of the molecule is CCCCCS(=O)(=O)CC(=O)NCC(c1ccccc1)c1c[nH]c2ccccc12. The number of carbonyl (C=O) groups excluding carboxylic acids is 1. The van der Waals surface area contributed by atoms with E-state index in [2.05, 4.69) is 16.4 Å². The Morgan fingerprint density at radius 1 is 1.03 bits per heavy atom. The molecule has 1 amide bonds. The van der Waals surface area contributed by atoms with Crippen molar-refractivity contribution in [1.82, 2.24) is 10.3 Å². The van der Waals surface area contributed by atoms with E-state index in [4.69, 9.17) is 0 Å². The van der Waals surface area contributed by atoms with Crippen LogP contribution in [0.15, 0.2) is 60.8 Å². The molecule has 0 spiro atoms. The molecule has 0 saturated carbocycles. The highest BCUT2D eigenvalue weighted by molar-refractivity contribution is 7.92. The third-order valence-corrected chi connectivity index (χ3v) is 6.72. The summed E-state index contributed by atoms with van der Waals surface area (Å²) in [5.74, 6) is -0.897. The number of benzene rings is 2.